The number of nitrogens with one attached hydrogen (secondary N) is 1. The van der Waals surface area contributed by atoms with Crippen LogP contribution in [0.25, 0.3) is 0 Å². The predicted molar refractivity (Wildman–Crippen MR) is 80.5 cm³/mol. The molecule has 3 rings (SSSR count). The summed E-state index contributed by atoms with van der Waals surface area (Å²) in [5.74, 6) is -0.266. The molecular weight excluding hydrogens is 362 g/mol. The van der Waals surface area contributed by atoms with Crippen LogP contribution >= 0.6 is 39.2 Å². The zero-order valence-corrected chi connectivity index (χ0v) is 13.5. The molecule has 1 N–H and O–H groups in total. The second-order valence-corrected chi connectivity index (χ2v) is 6.94. The number of aromatic nitrogens is 2. The van der Waals surface area contributed by atoms with Gasteiger partial charge in [0.2, 0.25) is 0 Å². The molecular formula is C12H8BrN3O2S2. The highest BCUT2D eigenvalue weighted by atomic mass is 79.9. The van der Waals surface area contributed by atoms with Gasteiger partial charge in [-0.2, -0.15) is 4.37 Å². The number of carbonyl (C=O) groups excluding carboxylic acids is 2. The fraction of sp³-hybridized carbons (Fsp3) is 0.167. The van der Waals surface area contributed by atoms with Gasteiger partial charge in [0, 0.05) is 15.8 Å². The van der Waals surface area contributed by atoms with E-state index in [0.717, 1.165) is 26.0 Å². The van der Waals surface area contributed by atoms with Crippen LogP contribution in [0.3, 0.4) is 0 Å². The molecule has 0 unspecified atom stereocenters. The molecule has 0 bridgehead atoms. The lowest BCUT2D eigenvalue weighted by atomic mass is 10.1. The zero-order valence-electron chi connectivity index (χ0n) is 10.3. The first kappa shape index (κ1) is 13.7. The van der Waals surface area contributed by atoms with Gasteiger partial charge in [-0.3, -0.25) is 9.59 Å². The monoisotopic (exact) mass is 369 g/mol. The molecule has 0 radical (unpaired) electrons. The van der Waals surface area contributed by atoms with E-state index in [9.17, 15) is 9.59 Å². The number of hydrogen-bond acceptors (Lipinski definition) is 6. The third kappa shape index (κ3) is 2.38. The molecule has 0 saturated heterocycles. The van der Waals surface area contributed by atoms with Crippen molar-refractivity contribution in [2.24, 2.45) is 0 Å². The molecule has 1 aliphatic rings. The summed E-state index contributed by atoms with van der Waals surface area (Å²) >= 11 is 6.22. The molecule has 0 atom stereocenters. The van der Waals surface area contributed by atoms with Gasteiger partial charge in [-0.1, -0.05) is 18.7 Å². The molecule has 0 aliphatic carbocycles. The summed E-state index contributed by atoms with van der Waals surface area (Å²) in [6, 6.07) is 3.44. The third-order valence-corrected chi connectivity index (χ3v) is 5.50. The molecule has 5 nitrogen and oxygen atoms in total. The van der Waals surface area contributed by atoms with Gasteiger partial charge in [0.15, 0.2) is 4.34 Å². The summed E-state index contributed by atoms with van der Waals surface area (Å²) in [4.78, 5) is 28.2. The number of amides is 1. The molecule has 1 amide bonds. The molecule has 0 spiro atoms. The highest BCUT2D eigenvalue weighted by Crippen LogP contribution is 2.39. The van der Waals surface area contributed by atoms with Gasteiger partial charge < -0.3 is 5.32 Å². The fourth-order valence-corrected chi connectivity index (χ4v) is 4.03. The lowest BCUT2D eigenvalue weighted by molar-refractivity contribution is -0.112. The van der Waals surface area contributed by atoms with Crippen molar-refractivity contribution < 1.29 is 9.59 Å². The molecule has 0 saturated carbocycles. The van der Waals surface area contributed by atoms with Crippen molar-refractivity contribution in [2.75, 3.05) is 5.32 Å². The first-order valence-corrected chi connectivity index (χ1v) is 8.16. The van der Waals surface area contributed by atoms with Gasteiger partial charge in [-0.15, -0.1) is 0 Å². The molecule has 1 aliphatic heterocycles. The Labute approximate surface area is 131 Å². The fourth-order valence-electron chi connectivity index (χ4n) is 1.74. The number of anilines is 1. The molecule has 2 aromatic rings. The molecule has 1 aromatic heterocycles. The van der Waals surface area contributed by atoms with Gasteiger partial charge in [0.05, 0.1) is 11.3 Å². The molecule has 8 heteroatoms. The van der Waals surface area contributed by atoms with E-state index in [2.05, 4.69) is 30.6 Å². The van der Waals surface area contributed by atoms with Gasteiger partial charge in [-0.05, 0) is 39.6 Å². The molecule has 2 heterocycles. The lowest BCUT2D eigenvalue weighted by Crippen LogP contribution is -2.12. The number of rotatable bonds is 3. The Morgan fingerprint density at radius 1 is 1.40 bits per heavy atom. The summed E-state index contributed by atoms with van der Waals surface area (Å²) < 4.78 is 5.82. The van der Waals surface area contributed by atoms with Crippen LogP contribution in [0.4, 0.5) is 5.69 Å². The van der Waals surface area contributed by atoms with Gasteiger partial charge in [-0.25, -0.2) is 4.98 Å². The van der Waals surface area contributed by atoms with Crippen molar-refractivity contribution in [3.8, 4) is 0 Å². The first-order chi connectivity index (χ1) is 9.58. The Morgan fingerprint density at radius 2 is 2.20 bits per heavy atom. The van der Waals surface area contributed by atoms with Crippen LogP contribution < -0.4 is 5.32 Å². The van der Waals surface area contributed by atoms with Crippen LogP contribution in [0.5, 0.6) is 0 Å². The normalized spacial score (nSPS) is 13.5. The Hall–Kier alpha value is -1.25. The minimum atomic E-state index is -0.585. The Morgan fingerprint density at radius 3 is 2.90 bits per heavy atom. The molecule has 1 aromatic carbocycles. The number of ketones is 1. The lowest BCUT2D eigenvalue weighted by Gasteiger charge is -2.04. The van der Waals surface area contributed by atoms with Gasteiger partial charge in [0.25, 0.3) is 11.7 Å². The molecule has 102 valence electrons. The average Bonchev–Trinajstić information content (AvgIpc) is 2.98. The highest BCUT2D eigenvalue weighted by Gasteiger charge is 2.29. The van der Waals surface area contributed by atoms with Crippen molar-refractivity contribution >= 4 is 56.6 Å². The maximum absolute atomic E-state index is 11.6. The summed E-state index contributed by atoms with van der Waals surface area (Å²) in [5.41, 5.74) is 0.948. The maximum atomic E-state index is 11.6. The van der Waals surface area contributed by atoms with Crippen molar-refractivity contribution in [3.05, 3.63) is 28.0 Å². The van der Waals surface area contributed by atoms with Crippen LogP contribution in [0.1, 0.15) is 23.1 Å². The number of carbonyl (C=O) groups is 2. The smallest absolute Gasteiger partial charge is 0.296 e. The molecule has 0 fully saturated rings. The quantitative estimate of drug-likeness (QED) is 0.841. The summed E-state index contributed by atoms with van der Waals surface area (Å²) in [6.07, 6.45) is 0.799. The number of Topliss-reactive ketones (excluding diaryl/α,β-unsaturated/α-hetero) is 1. The zero-order chi connectivity index (χ0) is 14.3. The number of hydrogen-bond donors (Lipinski definition) is 1. The third-order valence-electron chi connectivity index (χ3n) is 2.73. The maximum Gasteiger partial charge on any atom is 0.296 e. The Bertz CT molecular complexity index is 729. The van der Waals surface area contributed by atoms with Gasteiger partial charge in [0.1, 0.15) is 5.82 Å². The second-order valence-electron chi connectivity index (χ2n) is 4.04. The van der Waals surface area contributed by atoms with E-state index in [-0.39, 0.29) is 0 Å². The number of halogens is 1. The van der Waals surface area contributed by atoms with Crippen LogP contribution in [-0.4, -0.2) is 21.0 Å². The second kappa shape index (κ2) is 5.27. The summed E-state index contributed by atoms with van der Waals surface area (Å²) in [5, 5.41) is 2.56. The van der Waals surface area contributed by atoms with Crippen LogP contribution in [0.15, 0.2) is 25.8 Å². The predicted octanol–water partition coefficient (Wildman–Crippen LogP) is 3.15. The standard InChI is InChI=1S/C12H8BrN3O2S2/c1-2-9-15-12(20-16-9)19-8-4-7-5(3-6(8)13)10(17)11(18)14-7/h3-4H,2H2,1H3,(H,14,17,18). The largest absolute Gasteiger partial charge is 0.318 e. The van der Waals surface area contributed by atoms with E-state index < -0.39 is 11.7 Å². The Balaban J connectivity index is 1.93. The van der Waals surface area contributed by atoms with Crippen molar-refractivity contribution in [2.45, 2.75) is 22.6 Å². The van der Waals surface area contributed by atoms with Crippen molar-refractivity contribution in [1.29, 1.82) is 0 Å². The van der Waals surface area contributed by atoms with E-state index >= 15 is 0 Å². The van der Waals surface area contributed by atoms with Crippen molar-refractivity contribution in [1.82, 2.24) is 9.36 Å². The van der Waals surface area contributed by atoms with E-state index in [1.807, 2.05) is 6.92 Å². The Kier molecular flexibility index (Phi) is 3.61. The number of fused-ring (bicyclic) bond motifs is 1. The SMILES string of the molecule is CCc1nsc(Sc2cc3c(cc2Br)C(=O)C(=O)N3)n1. The van der Waals surface area contributed by atoms with Crippen molar-refractivity contribution in [3.63, 3.8) is 0 Å². The van der Waals surface area contributed by atoms with E-state index in [1.54, 1.807) is 12.1 Å². The van der Waals surface area contributed by atoms with E-state index in [0.29, 0.717) is 11.3 Å². The summed E-state index contributed by atoms with van der Waals surface area (Å²) in [6.45, 7) is 2.00. The average molecular weight is 370 g/mol. The van der Waals surface area contributed by atoms with E-state index in [1.165, 1.54) is 23.3 Å². The van der Waals surface area contributed by atoms with Crippen LogP contribution in [-0.2, 0) is 11.2 Å². The van der Waals surface area contributed by atoms with E-state index in [4.69, 9.17) is 0 Å². The van der Waals surface area contributed by atoms with Gasteiger partial charge >= 0.3 is 0 Å². The number of benzene rings is 1. The topological polar surface area (TPSA) is 72.0 Å². The molecule has 20 heavy (non-hydrogen) atoms. The minimum Gasteiger partial charge on any atom is -0.318 e. The number of aryl methyl sites for hydroxylation is 1. The first-order valence-electron chi connectivity index (χ1n) is 5.78. The van der Waals surface area contributed by atoms with Crippen LogP contribution in [0.2, 0.25) is 0 Å². The highest BCUT2D eigenvalue weighted by molar-refractivity contribution is 9.10. The summed E-state index contributed by atoms with van der Waals surface area (Å²) in [7, 11) is 0. The van der Waals surface area contributed by atoms with Crippen LogP contribution in [0, 0.1) is 0 Å². The number of nitrogens with zero attached hydrogens (tertiary/aromatic N) is 2. The minimum absolute atomic E-state index is 0.401.